The number of nitrogens with two attached hydrogens (primary N) is 1. The molecule has 0 aromatic carbocycles. The van der Waals surface area contributed by atoms with Crippen LogP contribution in [0.5, 0.6) is 0 Å². The van der Waals surface area contributed by atoms with Crippen LogP contribution in [0.4, 0.5) is 5.82 Å². The van der Waals surface area contributed by atoms with Gasteiger partial charge in [0.2, 0.25) is 0 Å². The Morgan fingerprint density at radius 1 is 1.00 bits per heavy atom. The fourth-order valence-electron chi connectivity index (χ4n) is 2.08. The van der Waals surface area contributed by atoms with Crippen molar-refractivity contribution < 1.29 is 4.52 Å². The average Bonchev–Trinajstić information content (AvgIpc) is 2.68. The van der Waals surface area contributed by atoms with Crippen LogP contribution in [0.2, 0.25) is 0 Å². The van der Waals surface area contributed by atoms with Crippen LogP contribution in [0.3, 0.4) is 0 Å². The predicted octanol–water partition coefficient (Wildman–Crippen LogP) is 4.93. The number of rotatable bonds is 10. The lowest BCUT2D eigenvalue weighted by atomic mass is 10.1. The van der Waals surface area contributed by atoms with Crippen LogP contribution in [-0.2, 0) is 6.42 Å². The van der Waals surface area contributed by atoms with Gasteiger partial charge in [-0.2, -0.15) is 0 Å². The van der Waals surface area contributed by atoms with Crippen molar-refractivity contribution in [3.8, 4) is 0 Å². The van der Waals surface area contributed by atoms with E-state index in [0.29, 0.717) is 5.82 Å². The van der Waals surface area contributed by atoms with E-state index in [1.54, 1.807) is 0 Å². The van der Waals surface area contributed by atoms with Crippen molar-refractivity contribution in [2.24, 2.45) is 0 Å². The molecule has 104 valence electrons. The molecule has 1 aromatic rings. The number of aryl methyl sites for hydroxylation is 1. The maximum absolute atomic E-state index is 5.64. The number of nitrogens with zero attached hydrogens (tertiary/aromatic N) is 1. The fourth-order valence-corrected chi connectivity index (χ4v) is 2.55. The Labute approximate surface area is 124 Å². The van der Waals surface area contributed by atoms with Gasteiger partial charge in [-0.15, -0.1) is 0 Å². The normalized spacial score (nSPS) is 11.0. The summed E-state index contributed by atoms with van der Waals surface area (Å²) in [6.07, 6.45) is 13.1. The molecule has 0 unspecified atom stereocenters. The Bertz CT molecular complexity index is 326. The molecular formula is C14H25IN2O. The Balaban J connectivity index is 1.94. The highest BCUT2D eigenvalue weighted by molar-refractivity contribution is 14.1. The molecule has 0 radical (unpaired) electrons. The molecule has 0 aliphatic carbocycles. The third-order valence-corrected chi connectivity index (χ3v) is 4.39. The van der Waals surface area contributed by atoms with Crippen molar-refractivity contribution in [1.29, 1.82) is 0 Å². The third kappa shape index (κ3) is 6.07. The summed E-state index contributed by atoms with van der Waals surface area (Å²) in [7, 11) is 0. The number of aromatic nitrogens is 1. The number of anilines is 1. The predicted molar refractivity (Wildman–Crippen MR) is 84.6 cm³/mol. The number of hydrogen-bond acceptors (Lipinski definition) is 3. The van der Waals surface area contributed by atoms with Gasteiger partial charge >= 0.3 is 0 Å². The number of halogens is 1. The van der Waals surface area contributed by atoms with Gasteiger partial charge in [0, 0.05) is 6.42 Å². The molecule has 2 N–H and O–H groups in total. The SMILES string of the molecule is CCCCCCCCCCCc1onc(N)c1I. The van der Waals surface area contributed by atoms with Crippen LogP contribution < -0.4 is 5.73 Å². The zero-order chi connectivity index (χ0) is 13.2. The maximum atomic E-state index is 5.64. The van der Waals surface area contributed by atoms with Gasteiger partial charge in [0.15, 0.2) is 11.6 Å². The van der Waals surface area contributed by atoms with Crippen LogP contribution in [0, 0.1) is 3.57 Å². The molecule has 4 heteroatoms. The van der Waals surface area contributed by atoms with E-state index in [0.717, 1.165) is 15.8 Å². The summed E-state index contributed by atoms with van der Waals surface area (Å²) in [4.78, 5) is 0. The molecule has 0 aliphatic heterocycles. The second-order valence-corrected chi connectivity index (χ2v) is 5.96. The summed E-state index contributed by atoms with van der Waals surface area (Å²) in [6, 6.07) is 0. The summed E-state index contributed by atoms with van der Waals surface area (Å²) in [5, 5.41) is 3.77. The van der Waals surface area contributed by atoms with Crippen molar-refractivity contribution in [3.05, 3.63) is 9.33 Å². The van der Waals surface area contributed by atoms with E-state index in [2.05, 4.69) is 34.7 Å². The maximum Gasteiger partial charge on any atom is 0.180 e. The van der Waals surface area contributed by atoms with Gasteiger partial charge in [-0.1, -0.05) is 63.4 Å². The van der Waals surface area contributed by atoms with Crippen molar-refractivity contribution in [3.63, 3.8) is 0 Å². The standard InChI is InChI=1S/C14H25IN2O/c1-2-3-4-5-6-7-8-9-10-11-12-13(15)14(16)17-18-12/h2-11H2,1H3,(H2,16,17). The van der Waals surface area contributed by atoms with Gasteiger partial charge in [0.25, 0.3) is 0 Å². The first kappa shape index (κ1) is 15.8. The highest BCUT2D eigenvalue weighted by Gasteiger charge is 2.09. The largest absolute Gasteiger partial charge is 0.380 e. The Morgan fingerprint density at radius 2 is 1.56 bits per heavy atom. The molecule has 0 atom stereocenters. The van der Waals surface area contributed by atoms with E-state index >= 15 is 0 Å². The van der Waals surface area contributed by atoms with E-state index in [1.165, 1.54) is 57.8 Å². The number of unbranched alkanes of at least 4 members (excludes halogenated alkanes) is 8. The molecule has 0 bridgehead atoms. The van der Waals surface area contributed by atoms with Gasteiger partial charge in [-0.05, 0) is 29.0 Å². The molecule has 0 spiro atoms. The number of hydrogen-bond donors (Lipinski definition) is 1. The Hall–Kier alpha value is -0.260. The lowest BCUT2D eigenvalue weighted by molar-refractivity contribution is 0.379. The van der Waals surface area contributed by atoms with E-state index in [1.807, 2.05) is 0 Å². The topological polar surface area (TPSA) is 52.0 Å². The minimum atomic E-state index is 0.529. The molecule has 3 nitrogen and oxygen atoms in total. The fraction of sp³-hybridized carbons (Fsp3) is 0.786. The van der Waals surface area contributed by atoms with Crippen LogP contribution in [0.1, 0.15) is 70.5 Å². The minimum Gasteiger partial charge on any atom is -0.380 e. The molecule has 0 aliphatic rings. The third-order valence-electron chi connectivity index (χ3n) is 3.23. The van der Waals surface area contributed by atoms with Gasteiger partial charge in [0.1, 0.15) is 0 Å². The first-order valence-electron chi connectivity index (χ1n) is 7.15. The average molecular weight is 364 g/mol. The molecule has 0 amide bonds. The molecule has 0 saturated heterocycles. The zero-order valence-corrected chi connectivity index (χ0v) is 13.5. The van der Waals surface area contributed by atoms with E-state index in [-0.39, 0.29) is 0 Å². The molecule has 0 fully saturated rings. The van der Waals surface area contributed by atoms with Crippen LogP contribution >= 0.6 is 22.6 Å². The first-order valence-corrected chi connectivity index (χ1v) is 8.23. The van der Waals surface area contributed by atoms with Crippen LogP contribution in [0.15, 0.2) is 4.52 Å². The number of nitrogen functional groups attached to an aromatic ring is 1. The molecule has 1 rings (SSSR count). The monoisotopic (exact) mass is 364 g/mol. The summed E-state index contributed by atoms with van der Waals surface area (Å²) in [6.45, 7) is 2.26. The van der Waals surface area contributed by atoms with Gasteiger partial charge in [-0.3, -0.25) is 0 Å². The minimum absolute atomic E-state index is 0.529. The summed E-state index contributed by atoms with van der Waals surface area (Å²) in [5.41, 5.74) is 5.64. The van der Waals surface area contributed by atoms with Crippen molar-refractivity contribution in [2.45, 2.75) is 71.1 Å². The van der Waals surface area contributed by atoms with Gasteiger partial charge < -0.3 is 10.3 Å². The second kappa shape index (κ2) is 9.64. The van der Waals surface area contributed by atoms with Crippen molar-refractivity contribution in [2.75, 3.05) is 5.73 Å². The quantitative estimate of drug-likeness (QED) is 0.473. The Kier molecular flexibility index (Phi) is 8.46. The highest BCUT2D eigenvalue weighted by atomic mass is 127. The lowest BCUT2D eigenvalue weighted by Crippen LogP contribution is -1.89. The van der Waals surface area contributed by atoms with Crippen molar-refractivity contribution >= 4 is 28.4 Å². The van der Waals surface area contributed by atoms with E-state index < -0.39 is 0 Å². The van der Waals surface area contributed by atoms with Crippen LogP contribution in [-0.4, -0.2) is 5.16 Å². The van der Waals surface area contributed by atoms with E-state index in [9.17, 15) is 0 Å². The molecular weight excluding hydrogens is 339 g/mol. The lowest BCUT2D eigenvalue weighted by Gasteiger charge is -2.01. The smallest absolute Gasteiger partial charge is 0.180 e. The van der Waals surface area contributed by atoms with Crippen LogP contribution in [0.25, 0.3) is 0 Å². The van der Waals surface area contributed by atoms with E-state index in [4.69, 9.17) is 10.3 Å². The van der Waals surface area contributed by atoms with Gasteiger partial charge in [-0.25, -0.2) is 0 Å². The first-order chi connectivity index (χ1) is 8.75. The molecule has 0 saturated carbocycles. The zero-order valence-electron chi connectivity index (χ0n) is 11.4. The molecule has 18 heavy (non-hydrogen) atoms. The summed E-state index contributed by atoms with van der Waals surface area (Å²) in [5.74, 6) is 1.48. The summed E-state index contributed by atoms with van der Waals surface area (Å²) >= 11 is 2.21. The Morgan fingerprint density at radius 3 is 2.06 bits per heavy atom. The summed E-state index contributed by atoms with van der Waals surface area (Å²) < 4.78 is 6.18. The van der Waals surface area contributed by atoms with Crippen molar-refractivity contribution in [1.82, 2.24) is 5.16 Å². The van der Waals surface area contributed by atoms with Gasteiger partial charge in [0.05, 0.1) is 3.57 Å². The molecule has 1 heterocycles. The molecule has 1 aromatic heterocycles. The highest BCUT2D eigenvalue weighted by Crippen LogP contribution is 2.20. The second-order valence-electron chi connectivity index (χ2n) is 4.88.